The molecule has 0 radical (unpaired) electrons. The zero-order chi connectivity index (χ0) is 24.6. The number of ether oxygens (including phenoxy) is 2. The highest BCUT2D eigenvalue weighted by Gasteiger charge is 2.53. The highest BCUT2D eigenvalue weighted by atomic mass is 28.4. The van der Waals surface area contributed by atoms with Gasteiger partial charge in [-0.25, -0.2) is 0 Å². The number of hydrogen-bond acceptors (Lipinski definition) is 4. The van der Waals surface area contributed by atoms with E-state index in [1.54, 1.807) is 0 Å². The molecule has 34 heavy (non-hydrogen) atoms. The second-order valence-electron chi connectivity index (χ2n) is 11.5. The highest BCUT2D eigenvalue weighted by Crippen LogP contribution is 2.47. The maximum absolute atomic E-state index is 11.2. The molecular formula is C29H40O4Si. The Kier molecular flexibility index (Phi) is 6.97. The van der Waals surface area contributed by atoms with Crippen molar-refractivity contribution in [3.05, 3.63) is 72.3 Å². The molecule has 2 aromatic rings. The van der Waals surface area contributed by atoms with Crippen molar-refractivity contribution in [2.24, 2.45) is 11.3 Å². The summed E-state index contributed by atoms with van der Waals surface area (Å²) in [4.78, 5) is 0. The van der Waals surface area contributed by atoms with Crippen molar-refractivity contribution < 1.29 is 19.0 Å². The van der Waals surface area contributed by atoms with E-state index in [9.17, 15) is 5.11 Å². The van der Waals surface area contributed by atoms with E-state index in [0.717, 1.165) is 0 Å². The summed E-state index contributed by atoms with van der Waals surface area (Å²) in [5.41, 5.74) is 0.857. The predicted molar refractivity (Wildman–Crippen MR) is 140 cm³/mol. The zero-order valence-corrected chi connectivity index (χ0v) is 22.5. The largest absolute Gasteiger partial charge is 0.407 e. The number of aliphatic hydroxyl groups excluding tert-OH is 1. The van der Waals surface area contributed by atoms with E-state index in [1.165, 1.54) is 15.9 Å². The van der Waals surface area contributed by atoms with Gasteiger partial charge in [0.25, 0.3) is 8.32 Å². The quantitative estimate of drug-likeness (QED) is 0.500. The summed E-state index contributed by atoms with van der Waals surface area (Å²) in [5, 5.41) is 13.6. The van der Waals surface area contributed by atoms with E-state index in [1.807, 2.05) is 13.8 Å². The van der Waals surface area contributed by atoms with Gasteiger partial charge in [0.15, 0.2) is 5.79 Å². The van der Waals surface area contributed by atoms with Crippen LogP contribution in [-0.4, -0.2) is 45.1 Å². The number of rotatable bonds is 5. The lowest BCUT2D eigenvalue weighted by Crippen LogP contribution is -2.67. The van der Waals surface area contributed by atoms with Crippen LogP contribution in [0.3, 0.4) is 0 Å². The molecule has 3 atom stereocenters. The second-order valence-corrected chi connectivity index (χ2v) is 15.8. The molecule has 1 heterocycles. The molecule has 0 saturated carbocycles. The first-order valence-corrected chi connectivity index (χ1v) is 14.3. The monoisotopic (exact) mass is 480 g/mol. The van der Waals surface area contributed by atoms with Gasteiger partial charge in [-0.3, -0.25) is 0 Å². The Hall–Kier alpha value is -1.76. The zero-order valence-electron chi connectivity index (χ0n) is 21.5. The molecule has 1 aliphatic heterocycles. The van der Waals surface area contributed by atoms with Gasteiger partial charge >= 0.3 is 0 Å². The molecule has 1 N–H and O–H groups in total. The normalized spacial score (nSPS) is 27.4. The molecule has 2 aliphatic rings. The third-order valence-corrected chi connectivity index (χ3v) is 12.8. The summed E-state index contributed by atoms with van der Waals surface area (Å²) in [6.45, 7) is 14.5. The van der Waals surface area contributed by atoms with Gasteiger partial charge < -0.3 is 19.0 Å². The molecule has 0 aromatic heterocycles. The molecule has 4 nitrogen and oxygen atoms in total. The Morgan fingerprint density at radius 2 is 1.50 bits per heavy atom. The Labute approximate surface area is 206 Å². The Morgan fingerprint density at radius 1 is 0.941 bits per heavy atom. The van der Waals surface area contributed by atoms with Crippen LogP contribution in [0.4, 0.5) is 0 Å². The fourth-order valence-corrected chi connectivity index (χ4v) is 10.2. The van der Waals surface area contributed by atoms with E-state index in [-0.39, 0.29) is 16.4 Å². The van der Waals surface area contributed by atoms with E-state index < -0.39 is 20.2 Å². The van der Waals surface area contributed by atoms with Gasteiger partial charge in [0.05, 0.1) is 19.3 Å². The minimum absolute atomic E-state index is 0.0911. The number of fused-ring (bicyclic) bond motifs is 1. The lowest BCUT2D eigenvalue weighted by molar-refractivity contribution is -0.207. The van der Waals surface area contributed by atoms with E-state index in [0.29, 0.717) is 26.2 Å². The first kappa shape index (κ1) is 25.3. The molecular weight excluding hydrogens is 440 g/mol. The summed E-state index contributed by atoms with van der Waals surface area (Å²) in [6, 6.07) is 21.4. The molecule has 4 rings (SSSR count). The van der Waals surface area contributed by atoms with Gasteiger partial charge in [-0.05, 0) is 41.3 Å². The number of aliphatic hydroxyl groups is 1. The Morgan fingerprint density at radius 3 is 2.03 bits per heavy atom. The smallest absolute Gasteiger partial charge is 0.261 e. The molecule has 1 fully saturated rings. The molecule has 2 aromatic carbocycles. The number of benzene rings is 2. The Bertz CT molecular complexity index is 956. The van der Waals surface area contributed by atoms with Crippen molar-refractivity contribution in [1.29, 1.82) is 0 Å². The van der Waals surface area contributed by atoms with Crippen LogP contribution in [0.15, 0.2) is 72.3 Å². The van der Waals surface area contributed by atoms with Crippen molar-refractivity contribution in [2.45, 2.75) is 64.9 Å². The van der Waals surface area contributed by atoms with Crippen LogP contribution >= 0.6 is 0 Å². The molecule has 5 heteroatoms. The van der Waals surface area contributed by atoms with Gasteiger partial charge in [-0.2, -0.15) is 0 Å². The van der Waals surface area contributed by atoms with Crippen LogP contribution in [0.1, 0.15) is 48.0 Å². The average Bonchev–Trinajstić information content (AvgIpc) is 2.92. The van der Waals surface area contributed by atoms with Gasteiger partial charge in [0.1, 0.15) is 0 Å². The van der Waals surface area contributed by atoms with Crippen molar-refractivity contribution in [2.75, 3.05) is 19.8 Å². The van der Waals surface area contributed by atoms with Crippen LogP contribution in [0, 0.1) is 11.3 Å². The predicted octanol–water partition coefficient (Wildman–Crippen LogP) is 4.66. The van der Waals surface area contributed by atoms with Crippen molar-refractivity contribution in [1.82, 2.24) is 0 Å². The maximum Gasteiger partial charge on any atom is 0.261 e. The van der Waals surface area contributed by atoms with Gasteiger partial charge in [0, 0.05) is 17.9 Å². The lowest BCUT2D eigenvalue weighted by Gasteiger charge is -2.48. The van der Waals surface area contributed by atoms with Crippen molar-refractivity contribution in [3.8, 4) is 0 Å². The summed E-state index contributed by atoms with van der Waals surface area (Å²) >= 11 is 0. The third kappa shape index (κ3) is 4.57. The minimum atomic E-state index is -2.70. The van der Waals surface area contributed by atoms with Gasteiger partial charge in [-0.1, -0.05) is 94.4 Å². The molecule has 1 aliphatic carbocycles. The first-order valence-electron chi connectivity index (χ1n) is 12.4. The number of hydrogen-bond donors (Lipinski definition) is 1. The van der Waals surface area contributed by atoms with Crippen LogP contribution in [-0.2, 0) is 13.9 Å². The average molecular weight is 481 g/mol. The summed E-state index contributed by atoms with van der Waals surface area (Å²) in [6.07, 6.45) is 2.27. The standard InChI is InChI=1S/C29H40O4Si/c1-27(2,3)34(23-13-9-7-10-14-23,24-15-11-8-12-16-24)33-20-25-26(30)18-17-22-19-31-28(4,5)32-21-29(22,25)6/h7-17,25-26,30H,18-21H2,1-6H3/t25-,26-,29-/m0/s1. The van der Waals surface area contributed by atoms with E-state index in [4.69, 9.17) is 13.9 Å². The third-order valence-electron chi connectivity index (χ3n) is 7.81. The fourth-order valence-electron chi connectivity index (χ4n) is 5.64. The summed E-state index contributed by atoms with van der Waals surface area (Å²) in [5.74, 6) is -0.734. The van der Waals surface area contributed by atoms with E-state index >= 15 is 0 Å². The van der Waals surface area contributed by atoms with Crippen LogP contribution in [0.2, 0.25) is 5.04 Å². The van der Waals surface area contributed by atoms with Crippen LogP contribution in [0.25, 0.3) is 0 Å². The molecule has 0 unspecified atom stereocenters. The molecule has 0 bridgehead atoms. The van der Waals surface area contributed by atoms with Crippen molar-refractivity contribution in [3.63, 3.8) is 0 Å². The van der Waals surface area contributed by atoms with Gasteiger partial charge in [0.2, 0.25) is 0 Å². The van der Waals surface area contributed by atoms with Crippen LogP contribution < -0.4 is 10.4 Å². The Balaban J connectivity index is 1.75. The molecule has 184 valence electrons. The molecule has 0 spiro atoms. The minimum Gasteiger partial charge on any atom is -0.407 e. The summed E-state index contributed by atoms with van der Waals surface area (Å²) < 4.78 is 19.5. The highest BCUT2D eigenvalue weighted by molar-refractivity contribution is 6.99. The summed E-state index contributed by atoms with van der Waals surface area (Å²) in [7, 11) is -2.70. The topological polar surface area (TPSA) is 47.9 Å². The lowest BCUT2D eigenvalue weighted by atomic mass is 9.66. The molecule has 0 amide bonds. The fraction of sp³-hybridized carbons (Fsp3) is 0.517. The van der Waals surface area contributed by atoms with E-state index in [2.05, 4.69) is 94.4 Å². The van der Waals surface area contributed by atoms with Gasteiger partial charge in [-0.15, -0.1) is 0 Å². The van der Waals surface area contributed by atoms with Crippen molar-refractivity contribution >= 4 is 18.7 Å². The van der Waals surface area contributed by atoms with Crippen LogP contribution in [0.5, 0.6) is 0 Å². The SMILES string of the molecule is CC1(C)OCC2=CC[C@H](O)[C@H](CO[Si](c3ccccc3)(c3ccccc3)C(C)(C)C)[C@@]2(C)CO1. The molecule has 1 saturated heterocycles. The maximum atomic E-state index is 11.2. The first-order chi connectivity index (χ1) is 16.0. The second kappa shape index (κ2) is 9.36.